The second-order valence-corrected chi connectivity index (χ2v) is 4.79. The predicted octanol–water partition coefficient (Wildman–Crippen LogP) is 0.791. The Balaban J connectivity index is 2.09. The van der Waals surface area contributed by atoms with Gasteiger partial charge in [-0.1, -0.05) is 13.8 Å². The Labute approximate surface area is 109 Å². The van der Waals surface area contributed by atoms with Gasteiger partial charge in [-0.15, -0.1) is 0 Å². The van der Waals surface area contributed by atoms with E-state index in [2.05, 4.69) is 35.4 Å². The van der Waals surface area contributed by atoms with E-state index >= 15 is 0 Å². The first-order valence-corrected chi connectivity index (χ1v) is 6.80. The standard InChI is InChI=1S/C13H24N4O/c1-4-14-13(11-8-15-16(3)9-11)12-10-17(5-2)6-7-18-12/h8-9,12-14H,4-7,10H2,1-3H3. The third kappa shape index (κ3) is 3.10. The van der Waals surface area contributed by atoms with E-state index in [1.807, 2.05) is 17.9 Å². The summed E-state index contributed by atoms with van der Waals surface area (Å²) in [4.78, 5) is 2.44. The third-order valence-electron chi connectivity index (χ3n) is 3.50. The van der Waals surface area contributed by atoms with Crippen molar-refractivity contribution in [2.24, 2.45) is 7.05 Å². The zero-order valence-corrected chi connectivity index (χ0v) is 11.6. The highest BCUT2D eigenvalue weighted by molar-refractivity contribution is 5.13. The van der Waals surface area contributed by atoms with Gasteiger partial charge in [-0.3, -0.25) is 9.58 Å². The highest BCUT2D eigenvalue weighted by atomic mass is 16.5. The summed E-state index contributed by atoms with van der Waals surface area (Å²) in [6.45, 7) is 9.21. The summed E-state index contributed by atoms with van der Waals surface area (Å²) in [5.74, 6) is 0. The first-order chi connectivity index (χ1) is 8.74. The van der Waals surface area contributed by atoms with Crippen LogP contribution in [0.1, 0.15) is 25.5 Å². The van der Waals surface area contributed by atoms with E-state index in [0.29, 0.717) is 0 Å². The molecule has 0 spiro atoms. The van der Waals surface area contributed by atoms with Crippen LogP contribution >= 0.6 is 0 Å². The van der Waals surface area contributed by atoms with Gasteiger partial charge >= 0.3 is 0 Å². The van der Waals surface area contributed by atoms with E-state index in [9.17, 15) is 0 Å². The molecule has 1 saturated heterocycles. The minimum atomic E-state index is 0.211. The molecular formula is C13H24N4O. The minimum Gasteiger partial charge on any atom is -0.374 e. The van der Waals surface area contributed by atoms with Gasteiger partial charge in [0.15, 0.2) is 0 Å². The highest BCUT2D eigenvalue weighted by Gasteiger charge is 2.28. The van der Waals surface area contributed by atoms with Gasteiger partial charge in [-0.25, -0.2) is 0 Å². The van der Waals surface area contributed by atoms with Crippen molar-refractivity contribution >= 4 is 0 Å². The number of ether oxygens (including phenoxy) is 1. The molecule has 1 aromatic heterocycles. The molecule has 2 heterocycles. The van der Waals surface area contributed by atoms with E-state index in [-0.39, 0.29) is 12.1 Å². The molecule has 2 unspecified atom stereocenters. The van der Waals surface area contributed by atoms with Crippen LogP contribution in [0.5, 0.6) is 0 Å². The van der Waals surface area contributed by atoms with Crippen molar-refractivity contribution < 1.29 is 4.74 Å². The summed E-state index contributed by atoms with van der Waals surface area (Å²) >= 11 is 0. The molecule has 1 aromatic rings. The number of aryl methyl sites for hydroxylation is 1. The summed E-state index contributed by atoms with van der Waals surface area (Å²) in [5, 5.41) is 7.78. The van der Waals surface area contributed by atoms with Crippen LogP contribution in [-0.4, -0.2) is 53.6 Å². The number of nitrogens with one attached hydrogen (secondary N) is 1. The van der Waals surface area contributed by atoms with E-state index in [1.165, 1.54) is 5.56 Å². The minimum absolute atomic E-state index is 0.211. The average molecular weight is 252 g/mol. The molecule has 102 valence electrons. The topological polar surface area (TPSA) is 42.3 Å². The molecule has 1 fully saturated rings. The Hall–Kier alpha value is -0.910. The SMILES string of the molecule is CCNC(c1cnn(C)c1)C1CN(CC)CCO1. The van der Waals surface area contributed by atoms with Gasteiger partial charge < -0.3 is 10.1 Å². The maximum absolute atomic E-state index is 5.95. The van der Waals surface area contributed by atoms with Gasteiger partial charge in [0.1, 0.15) is 0 Å². The molecule has 0 bridgehead atoms. The lowest BCUT2D eigenvalue weighted by Crippen LogP contribution is -2.48. The highest BCUT2D eigenvalue weighted by Crippen LogP contribution is 2.22. The third-order valence-corrected chi connectivity index (χ3v) is 3.50. The van der Waals surface area contributed by atoms with E-state index in [1.54, 1.807) is 0 Å². The first-order valence-electron chi connectivity index (χ1n) is 6.80. The summed E-state index contributed by atoms with van der Waals surface area (Å²) in [6, 6.07) is 0.234. The molecule has 18 heavy (non-hydrogen) atoms. The van der Waals surface area contributed by atoms with Gasteiger partial charge in [0, 0.05) is 31.9 Å². The molecule has 0 aromatic carbocycles. The van der Waals surface area contributed by atoms with Crippen molar-refractivity contribution in [3.05, 3.63) is 18.0 Å². The van der Waals surface area contributed by atoms with Gasteiger partial charge in [0.05, 0.1) is 24.9 Å². The summed E-state index contributed by atoms with van der Waals surface area (Å²) < 4.78 is 7.79. The number of morpholine rings is 1. The molecule has 0 saturated carbocycles. The summed E-state index contributed by atoms with van der Waals surface area (Å²) in [7, 11) is 1.95. The molecule has 0 radical (unpaired) electrons. The predicted molar refractivity (Wildman–Crippen MR) is 71.5 cm³/mol. The first kappa shape index (κ1) is 13.5. The monoisotopic (exact) mass is 252 g/mol. The fourth-order valence-electron chi connectivity index (χ4n) is 2.51. The van der Waals surface area contributed by atoms with Crippen LogP contribution in [0.15, 0.2) is 12.4 Å². The number of rotatable bonds is 5. The van der Waals surface area contributed by atoms with Gasteiger partial charge in [0.25, 0.3) is 0 Å². The van der Waals surface area contributed by atoms with Crippen molar-refractivity contribution in [3.63, 3.8) is 0 Å². The average Bonchev–Trinajstić information content (AvgIpc) is 2.82. The lowest BCUT2D eigenvalue weighted by Gasteiger charge is -2.36. The molecule has 2 atom stereocenters. The molecule has 1 aliphatic heterocycles. The van der Waals surface area contributed by atoms with Crippen LogP contribution < -0.4 is 5.32 Å². The Morgan fingerprint density at radius 2 is 2.39 bits per heavy atom. The second kappa shape index (κ2) is 6.31. The van der Waals surface area contributed by atoms with Crippen molar-refractivity contribution in [2.45, 2.75) is 26.0 Å². The molecule has 0 amide bonds. The maximum atomic E-state index is 5.95. The summed E-state index contributed by atoms with van der Waals surface area (Å²) in [5.41, 5.74) is 1.21. The Bertz CT molecular complexity index is 366. The van der Waals surface area contributed by atoms with Crippen molar-refractivity contribution in [1.29, 1.82) is 0 Å². The Morgan fingerprint density at radius 1 is 1.56 bits per heavy atom. The molecule has 1 N–H and O–H groups in total. The summed E-state index contributed by atoms with van der Waals surface area (Å²) in [6.07, 6.45) is 4.21. The Morgan fingerprint density at radius 3 is 3.00 bits per heavy atom. The fraction of sp³-hybridized carbons (Fsp3) is 0.769. The van der Waals surface area contributed by atoms with Crippen LogP contribution in [-0.2, 0) is 11.8 Å². The number of hydrogen-bond acceptors (Lipinski definition) is 4. The normalized spacial score (nSPS) is 23.2. The number of aromatic nitrogens is 2. The zero-order valence-electron chi connectivity index (χ0n) is 11.6. The quantitative estimate of drug-likeness (QED) is 0.841. The fourth-order valence-corrected chi connectivity index (χ4v) is 2.51. The second-order valence-electron chi connectivity index (χ2n) is 4.79. The molecule has 5 heteroatoms. The lowest BCUT2D eigenvalue weighted by atomic mass is 10.0. The number of hydrogen-bond donors (Lipinski definition) is 1. The molecule has 1 aliphatic rings. The Kier molecular flexibility index (Phi) is 4.74. The van der Waals surface area contributed by atoms with Crippen LogP contribution in [0.2, 0.25) is 0 Å². The van der Waals surface area contributed by atoms with Crippen LogP contribution in [0.3, 0.4) is 0 Å². The number of nitrogens with zero attached hydrogens (tertiary/aromatic N) is 3. The van der Waals surface area contributed by atoms with Crippen molar-refractivity contribution in [3.8, 4) is 0 Å². The van der Waals surface area contributed by atoms with Crippen LogP contribution in [0.4, 0.5) is 0 Å². The molecule has 2 rings (SSSR count). The van der Waals surface area contributed by atoms with Crippen LogP contribution in [0, 0.1) is 0 Å². The van der Waals surface area contributed by atoms with E-state index < -0.39 is 0 Å². The largest absolute Gasteiger partial charge is 0.374 e. The zero-order chi connectivity index (χ0) is 13.0. The number of likely N-dealkylation sites (N-methyl/N-ethyl adjacent to an activating group) is 2. The van der Waals surface area contributed by atoms with Gasteiger partial charge in [-0.05, 0) is 13.1 Å². The van der Waals surface area contributed by atoms with E-state index in [0.717, 1.165) is 32.8 Å². The van der Waals surface area contributed by atoms with Crippen molar-refractivity contribution in [2.75, 3.05) is 32.8 Å². The van der Waals surface area contributed by atoms with Gasteiger partial charge in [-0.2, -0.15) is 5.10 Å². The molecule has 0 aliphatic carbocycles. The smallest absolute Gasteiger partial charge is 0.0898 e. The molecule has 5 nitrogen and oxygen atoms in total. The lowest BCUT2D eigenvalue weighted by molar-refractivity contribution is -0.0453. The maximum Gasteiger partial charge on any atom is 0.0898 e. The van der Waals surface area contributed by atoms with Crippen molar-refractivity contribution in [1.82, 2.24) is 20.0 Å². The van der Waals surface area contributed by atoms with Crippen LogP contribution in [0.25, 0.3) is 0 Å². The molecular weight excluding hydrogens is 228 g/mol. The van der Waals surface area contributed by atoms with E-state index in [4.69, 9.17) is 4.74 Å². The van der Waals surface area contributed by atoms with Gasteiger partial charge in [0.2, 0.25) is 0 Å².